The molecule has 92 valence electrons. The lowest BCUT2D eigenvalue weighted by atomic mass is 9.89. The van der Waals surface area contributed by atoms with E-state index in [1.807, 2.05) is 0 Å². The summed E-state index contributed by atoms with van der Waals surface area (Å²) in [6.07, 6.45) is 10.5. The molecule has 2 heteroatoms. The van der Waals surface area contributed by atoms with Crippen LogP contribution >= 0.6 is 11.8 Å². The third kappa shape index (κ3) is 2.59. The van der Waals surface area contributed by atoms with E-state index in [1.54, 1.807) is 12.8 Å². The Morgan fingerprint density at radius 1 is 1.00 bits per heavy atom. The molecule has 1 saturated heterocycles. The van der Waals surface area contributed by atoms with Crippen LogP contribution in [0.1, 0.15) is 44.9 Å². The van der Waals surface area contributed by atoms with Crippen molar-refractivity contribution in [1.29, 1.82) is 0 Å². The number of fused-ring (bicyclic) bond motifs is 2. The molecule has 0 spiro atoms. The van der Waals surface area contributed by atoms with Gasteiger partial charge in [-0.15, -0.1) is 0 Å². The zero-order valence-electron chi connectivity index (χ0n) is 10.3. The number of thioether (sulfide) groups is 1. The van der Waals surface area contributed by atoms with Gasteiger partial charge in [0.05, 0.1) is 0 Å². The molecule has 2 bridgehead atoms. The van der Waals surface area contributed by atoms with E-state index in [1.165, 1.54) is 50.9 Å². The summed E-state index contributed by atoms with van der Waals surface area (Å²) in [6.45, 7) is 2.59. The van der Waals surface area contributed by atoms with E-state index in [4.69, 9.17) is 0 Å². The minimum Gasteiger partial charge on any atom is -0.315 e. The van der Waals surface area contributed by atoms with Gasteiger partial charge in [0, 0.05) is 11.8 Å². The average molecular weight is 239 g/mol. The van der Waals surface area contributed by atoms with Gasteiger partial charge in [-0.25, -0.2) is 0 Å². The summed E-state index contributed by atoms with van der Waals surface area (Å²) >= 11 is 2.20. The molecule has 0 aromatic heterocycles. The molecule has 0 amide bonds. The van der Waals surface area contributed by atoms with Crippen molar-refractivity contribution in [1.82, 2.24) is 5.32 Å². The molecule has 4 atom stereocenters. The third-order valence-corrected chi connectivity index (χ3v) is 6.34. The van der Waals surface area contributed by atoms with Crippen molar-refractivity contribution in [3.63, 3.8) is 0 Å². The van der Waals surface area contributed by atoms with Crippen LogP contribution in [0, 0.1) is 17.8 Å². The fourth-order valence-corrected chi connectivity index (χ4v) is 5.30. The molecule has 1 heterocycles. The molecule has 0 aromatic rings. The molecule has 16 heavy (non-hydrogen) atoms. The van der Waals surface area contributed by atoms with Crippen molar-refractivity contribution in [2.24, 2.45) is 17.8 Å². The van der Waals surface area contributed by atoms with Crippen molar-refractivity contribution < 1.29 is 0 Å². The molecule has 2 aliphatic carbocycles. The van der Waals surface area contributed by atoms with Crippen LogP contribution in [-0.4, -0.2) is 24.1 Å². The molecule has 3 rings (SSSR count). The summed E-state index contributed by atoms with van der Waals surface area (Å²) in [5.74, 6) is 4.64. The van der Waals surface area contributed by atoms with Crippen LogP contribution in [0.2, 0.25) is 0 Å². The predicted octanol–water partition coefficient (Wildman–Crippen LogP) is 3.30. The number of hydrogen-bond acceptors (Lipinski definition) is 2. The van der Waals surface area contributed by atoms with E-state index in [0.29, 0.717) is 0 Å². The smallest absolute Gasteiger partial charge is 0.0172 e. The van der Waals surface area contributed by atoms with Crippen LogP contribution in [-0.2, 0) is 0 Å². The standard InChI is InChI=1S/C14H25NS/c1-2-6-16-14(3-1)10-15-9-13-8-11-4-5-12(13)7-11/h11-15H,1-10H2. The van der Waals surface area contributed by atoms with E-state index >= 15 is 0 Å². The molecule has 3 aliphatic rings. The van der Waals surface area contributed by atoms with E-state index < -0.39 is 0 Å². The van der Waals surface area contributed by atoms with Crippen molar-refractivity contribution in [2.75, 3.05) is 18.8 Å². The number of rotatable bonds is 4. The minimum absolute atomic E-state index is 0.923. The van der Waals surface area contributed by atoms with E-state index in [0.717, 1.165) is 23.0 Å². The van der Waals surface area contributed by atoms with Crippen molar-refractivity contribution in [2.45, 2.75) is 50.2 Å². The van der Waals surface area contributed by atoms with Crippen LogP contribution in [0.3, 0.4) is 0 Å². The van der Waals surface area contributed by atoms with Crippen LogP contribution in [0.15, 0.2) is 0 Å². The highest BCUT2D eigenvalue weighted by atomic mass is 32.2. The second kappa shape index (κ2) is 5.30. The fraction of sp³-hybridized carbons (Fsp3) is 1.00. The largest absolute Gasteiger partial charge is 0.315 e. The van der Waals surface area contributed by atoms with Gasteiger partial charge in [-0.3, -0.25) is 0 Å². The van der Waals surface area contributed by atoms with Gasteiger partial charge in [-0.1, -0.05) is 12.8 Å². The van der Waals surface area contributed by atoms with Crippen molar-refractivity contribution in [3.05, 3.63) is 0 Å². The maximum Gasteiger partial charge on any atom is 0.0172 e. The Morgan fingerprint density at radius 2 is 2.00 bits per heavy atom. The Balaban J connectivity index is 1.34. The van der Waals surface area contributed by atoms with Gasteiger partial charge in [-0.2, -0.15) is 11.8 Å². The first-order valence-electron chi connectivity index (χ1n) is 7.24. The zero-order valence-corrected chi connectivity index (χ0v) is 11.1. The quantitative estimate of drug-likeness (QED) is 0.808. The van der Waals surface area contributed by atoms with Gasteiger partial charge in [0.25, 0.3) is 0 Å². The third-order valence-electron chi connectivity index (χ3n) is 4.94. The molecule has 1 nitrogen and oxygen atoms in total. The second-order valence-electron chi connectivity index (χ2n) is 6.08. The summed E-state index contributed by atoms with van der Waals surface area (Å²) in [4.78, 5) is 0. The first-order valence-corrected chi connectivity index (χ1v) is 8.29. The van der Waals surface area contributed by atoms with Gasteiger partial charge in [0.15, 0.2) is 0 Å². The van der Waals surface area contributed by atoms with Crippen molar-refractivity contribution in [3.8, 4) is 0 Å². The predicted molar refractivity (Wildman–Crippen MR) is 71.9 cm³/mol. The summed E-state index contributed by atoms with van der Waals surface area (Å²) < 4.78 is 0. The van der Waals surface area contributed by atoms with Gasteiger partial charge in [0.2, 0.25) is 0 Å². The van der Waals surface area contributed by atoms with Crippen LogP contribution in [0.4, 0.5) is 0 Å². The maximum absolute atomic E-state index is 3.76. The summed E-state index contributed by atoms with van der Waals surface area (Å²) in [6, 6.07) is 0. The highest BCUT2D eigenvalue weighted by molar-refractivity contribution is 7.99. The Bertz CT molecular complexity index is 225. The Morgan fingerprint density at radius 3 is 2.69 bits per heavy atom. The van der Waals surface area contributed by atoms with Crippen molar-refractivity contribution >= 4 is 11.8 Å². The average Bonchev–Trinajstić information content (AvgIpc) is 2.92. The highest BCUT2D eigenvalue weighted by Crippen LogP contribution is 2.47. The molecule has 0 aromatic carbocycles. The molecule has 4 unspecified atom stereocenters. The highest BCUT2D eigenvalue weighted by Gasteiger charge is 2.38. The van der Waals surface area contributed by atoms with Crippen LogP contribution in [0.5, 0.6) is 0 Å². The maximum atomic E-state index is 3.76. The molecular weight excluding hydrogens is 214 g/mol. The van der Waals surface area contributed by atoms with E-state index in [9.17, 15) is 0 Å². The lowest BCUT2D eigenvalue weighted by Gasteiger charge is -2.25. The Kier molecular flexibility index (Phi) is 3.78. The van der Waals surface area contributed by atoms with Gasteiger partial charge < -0.3 is 5.32 Å². The molecule has 3 fully saturated rings. The number of nitrogens with one attached hydrogen (secondary N) is 1. The monoisotopic (exact) mass is 239 g/mol. The lowest BCUT2D eigenvalue weighted by molar-refractivity contribution is 0.318. The summed E-state index contributed by atoms with van der Waals surface area (Å²) in [5, 5.41) is 4.68. The lowest BCUT2D eigenvalue weighted by Crippen LogP contribution is -2.32. The topological polar surface area (TPSA) is 12.0 Å². The minimum atomic E-state index is 0.923. The fourth-order valence-electron chi connectivity index (χ4n) is 4.02. The summed E-state index contributed by atoms with van der Waals surface area (Å²) in [7, 11) is 0. The van der Waals surface area contributed by atoms with E-state index in [2.05, 4.69) is 17.1 Å². The first kappa shape index (κ1) is 11.4. The van der Waals surface area contributed by atoms with E-state index in [-0.39, 0.29) is 0 Å². The Labute approximate surface area is 104 Å². The first-order chi connectivity index (χ1) is 7.92. The normalized spacial score (nSPS) is 42.8. The molecule has 1 aliphatic heterocycles. The van der Waals surface area contributed by atoms with Gasteiger partial charge in [-0.05, 0) is 62.2 Å². The molecule has 1 N–H and O–H groups in total. The molecule has 2 saturated carbocycles. The SMILES string of the molecule is C1CCC(CNCC2CC3CCC2C3)SC1. The van der Waals surface area contributed by atoms with Crippen LogP contribution < -0.4 is 5.32 Å². The second-order valence-corrected chi connectivity index (χ2v) is 7.49. The molecular formula is C14H25NS. The molecule has 0 radical (unpaired) electrons. The Hall–Kier alpha value is 0.310. The number of hydrogen-bond donors (Lipinski definition) is 1. The van der Waals surface area contributed by atoms with Gasteiger partial charge in [0.1, 0.15) is 0 Å². The summed E-state index contributed by atoms with van der Waals surface area (Å²) in [5.41, 5.74) is 0. The van der Waals surface area contributed by atoms with Gasteiger partial charge >= 0.3 is 0 Å². The van der Waals surface area contributed by atoms with Crippen LogP contribution in [0.25, 0.3) is 0 Å². The zero-order chi connectivity index (χ0) is 10.8.